The van der Waals surface area contributed by atoms with Gasteiger partial charge in [-0.1, -0.05) is 44.2 Å². The Morgan fingerprint density at radius 2 is 1.84 bits per heavy atom. The zero-order valence-corrected chi connectivity index (χ0v) is 13.3. The van der Waals surface area contributed by atoms with E-state index in [0.29, 0.717) is 6.42 Å². The molecule has 0 aliphatic carbocycles. The Morgan fingerprint density at radius 3 is 2.42 bits per heavy atom. The third kappa shape index (κ3) is 6.67. The second-order valence-corrected chi connectivity index (χ2v) is 7.43. The third-order valence-corrected chi connectivity index (χ3v) is 4.56. The molecule has 106 valence electrons. The van der Waals surface area contributed by atoms with Gasteiger partial charge in [-0.05, 0) is 24.2 Å². The van der Waals surface area contributed by atoms with E-state index in [1.165, 1.54) is 5.56 Å². The zero-order valence-electron chi connectivity index (χ0n) is 12.5. The average molecular weight is 279 g/mol. The van der Waals surface area contributed by atoms with Gasteiger partial charge in [0.25, 0.3) is 0 Å². The molecular weight excluding hydrogens is 254 g/mol. The number of carbonyl (C=O) groups is 1. The van der Waals surface area contributed by atoms with E-state index in [9.17, 15) is 4.79 Å². The highest BCUT2D eigenvalue weighted by Gasteiger charge is 2.20. The third-order valence-electron chi connectivity index (χ3n) is 3.17. The quantitative estimate of drug-likeness (QED) is 0.760. The smallest absolute Gasteiger partial charge is 0.222 e. The molecule has 0 N–H and O–H groups in total. The van der Waals surface area contributed by atoms with Crippen molar-refractivity contribution in [2.24, 2.45) is 0 Å². The Labute approximate surface area is 121 Å². The van der Waals surface area contributed by atoms with Crippen molar-refractivity contribution in [1.29, 1.82) is 0 Å². The Morgan fingerprint density at radius 1 is 1.21 bits per heavy atom. The van der Waals surface area contributed by atoms with Crippen molar-refractivity contribution >= 4 is 17.7 Å². The van der Waals surface area contributed by atoms with Crippen molar-refractivity contribution in [3.05, 3.63) is 35.9 Å². The van der Waals surface area contributed by atoms with Crippen molar-refractivity contribution in [2.45, 2.75) is 37.9 Å². The minimum absolute atomic E-state index is 0.167. The van der Waals surface area contributed by atoms with Crippen LogP contribution in [0, 0.1) is 0 Å². The number of benzene rings is 1. The molecule has 0 saturated heterocycles. The lowest BCUT2D eigenvalue weighted by molar-refractivity contribution is -0.128. The predicted octanol–water partition coefficient (Wildman–Crippen LogP) is 3.61. The molecule has 0 bridgehead atoms. The van der Waals surface area contributed by atoms with Crippen LogP contribution in [-0.2, 0) is 11.2 Å². The largest absolute Gasteiger partial charge is 0.349 e. The summed E-state index contributed by atoms with van der Waals surface area (Å²) >= 11 is 1.96. The van der Waals surface area contributed by atoms with E-state index >= 15 is 0 Å². The van der Waals surface area contributed by atoms with Gasteiger partial charge in [-0.25, -0.2) is 0 Å². The van der Waals surface area contributed by atoms with E-state index in [-0.39, 0.29) is 10.7 Å². The molecule has 1 rings (SSSR count). The number of aryl methyl sites for hydroxylation is 1. The number of nitrogens with zero attached hydrogens (tertiary/aromatic N) is 1. The molecule has 0 radical (unpaired) electrons. The second-order valence-electron chi connectivity index (χ2n) is 5.63. The van der Waals surface area contributed by atoms with E-state index in [1.807, 2.05) is 31.9 Å². The van der Waals surface area contributed by atoms with Gasteiger partial charge in [0.2, 0.25) is 5.91 Å². The van der Waals surface area contributed by atoms with Crippen LogP contribution < -0.4 is 0 Å². The zero-order chi connectivity index (χ0) is 14.3. The normalized spacial score (nSPS) is 11.4. The summed E-state index contributed by atoms with van der Waals surface area (Å²) in [6, 6.07) is 10.6. The molecule has 2 nitrogen and oxygen atoms in total. The molecule has 0 heterocycles. The molecule has 3 heteroatoms. The van der Waals surface area contributed by atoms with E-state index in [4.69, 9.17) is 0 Å². The van der Waals surface area contributed by atoms with E-state index in [2.05, 4.69) is 38.1 Å². The summed E-state index contributed by atoms with van der Waals surface area (Å²) in [7, 11) is 3.63. The monoisotopic (exact) mass is 279 g/mol. The van der Waals surface area contributed by atoms with Gasteiger partial charge in [0.05, 0.1) is 0 Å². The Kier molecular flexibility index (Phi) is 6.43. The maximum absolute atomic E-state index is 11.6. The van der Waals surface area contributed by atoms with Crippen LogP contribution in [0.4, 0.5) is 0 Å². The Balaban J connectivity index is 2.28. The van der Waals surface area contributed by atoms with Gasteiger partial charge in [-0.2, -0.15) is 11.8 Å². The first-order valence-corrected chi connectivity index (χ1v) is 7.77. The lowest BCUT2D eigenvalue weighted by Gasteiger charge is -2.24. The molecule has 0 saturated carbocycles. The molecule has 0 fully saturated rings. The van der Waals surface area contributed by atoms with Gasteiger partial charge in [0, 0.05) is 25.3 Å². The molecule has 0 atom stereocenters. The standard InChI is InChI=1S/C16H25NOS/c1-16(2,12-10-15(18)17(3)4)19-13-11-14-8-6-5-7-9-14/h5-9H,10-13H2,1-4H3. The summed E-state index contributed by atoms with van der Waals surface area (Å²) in [5.74, 6) is 1.32. The summed E-state index contributed by atoms with van der Waals surface area (Å²) < 4.78 is 0.167. The van der Waals surface area contributed by atoms with Crippen molar-refractivity contribution in [3.8, 4) is 0 Å². The maximum atomic E-state index is 11.6. The highest BCUT2D eigenvalue weighted by atomic mass is 32.2. The van der Waals surface area contributed by atoms with E-state index in [0.717, 1.165) is 18.6 Å². The van der Waals surface area contributed by atoms with E-state index < -0.39 is 0 Å². The SMILES string of the molecule is CN(C)C(=O)CCC(C)(C)SCCc1ccccc1. The summed E-state index contributed by atoms with van der Waals surface area (Å²) in [6.45, 7) is 4.46. The van der Waals surface area contributed by atoms with Crippen LogP contribution in [0.5, 0.6) is 0 Å². The molecule has 0 aliphatic heterocycles. The van der Waals surface area contributed by atoms with Gasteiger partial charge in [0.1, 0.15) is 0 Å². The number of thioether (sulfide) groups is 1. The maximum Gasteiger partial charge on any atom is 0.222 e. The summed E-state index contributed by atoms with van der Waals surface area (Å²) in [5.41, 5.74) is 1.38. The first-order chi connectivity index (χ1) is 8.91. The summed E-state index contributed by atoms with van der Waals surface area (Å²) in [4.78, 5) is 13.3. The molecule has 1 amide bonds. The van der Waals surface area contributed by atoms with Crippen molar-refractivity contribution < 1.29 is 4.79 Å². The highest BCUT2D eigenvalue weighted by Crippen LogP contribution is 2.30. The Hall–Kier alpha value is -0.960. The minimum Gasteiger partial charge on any atom is -0.349 e. The first kappa shape index (κ1) is 16.1. The molecule has 0 aliphatic rings. The Bertz CT molecular complexity index is 387. The number of amides is 1. The molecule has 0 spiro atoms. The highest BCUT2D eigenvalue weighted by molar-refractivity contribution is 8.00. The minimum atomic E-state index is 0.167. The van der Waals surface area contributed by atoms with Crippen LogP contribution in [0.15, 0.2) is 30.3 Å². The summed E-state index contributed by atoms with van der Waals surface area (Å²) in [5, 5.41) is 0. The fraction of sp³-hybridized carbons (Fsp3) is 0.562. The summed E-state index contributed by atoms with van der Waals surface area (Å²) in [6.07, 6.45) is 2.67. The molecule has 19 heavy (non-hydrogen) atoms. The molecule has 1 aromatic carbocycles. The number of carbonyl (C=O) groups excluding carboxylic acids is 1. The van der Waals surface area contributed by atoms with Gasteiger partial charge in [-0.3, -0.25) is 4.79 Å². The average Bonchev–Trinajstić information content (AvgIpc) is 2.37. The molecule has 1 aromatic rings. The van der Waals surface area contributed by atoms with Crippen LogP contribution in [0.3, 0.4) is 0 Å². The molecule has 0 unspecified atom stereocenters. The van der Waals surface area contributed by atoms with Gasteiger partial charge in [0.15, 0.2) is 0 Å². The van der Waals surface area contributed by atoms with Crippen molar-refractivity contribution in [3.63, 3.8) is 0 Å². The molecular formula is C16H25NOS. The predicted molar refractivity (Wildman–Crippen MR) is 84.6 cm³/mol. The van der Waals surface area contributed by atoms with Crippen LogP contribution in [0.1, 0.15) is 32.3 Å². The second kappa shape index (κ2) is 7.59. The number of rotatable bonds is 7. The van der Waals surface area contributed by atoms with Gasteiger partial charge >= 0.3 is 0 Å². The van der Waals surface area contributed by atoms with Crippen molar-refractivity contribution in [1.82, 2.24) is 4.90 Å². The topological polar surface area (TPSA) is 20.3 Å². The van der Waals surface area contributed by atoms with E-state index in [1.54, 1.807) is 4.90 Å². The number of hydrogen-bond donors (Lipinski definition) is 0. The van der Waals surface area contributed by atoms with Crippen molar-refractivity contribution in [2.75, 3.05) is 19.8 Å². The molecule has 0 aromatic heterocycles. The lowest BCUT2D eigenvalue weighted by atomic mass is 10.1. The van der Waals surface area contributed by atoms with Crippen LogP contribution in [0.2, 0.25) is 0 Å². The van der Waals surface area contributed by atoms with Gasteiger partial charge in [-0.15, -0.1) is 0 Å². The number of hydrogen-bond acceptors (Lipinski definition) is 2. The van der Waals surface area contributed by atoms with Gasteiger partial charge < -0.3 is 4.90 Å². The fourth-order valence-corrected chi connectivity index (χ4v) is 2.93. The van der Waals surface area contributed by atoms with Crippen LogP contribution in [-0.4, -0.2) is 35.4 Å². The van der Waals surface area contributed by atoms with Crippen LogP contribution >= 0.6 is 11.8 Å². The first-order valence-electron chi connectivity index (χ1n) is 6.79. The lowest BCUT2D eigenvalue weighted by Crippen LogP contribution is -2.25. The van der Waals surface area contributed by atoms with Crippen LogP contribution in [0.25, 0.3) is 0 Å². The fourth-order valence-electron chi connectivity index (χ4n) is 1.79.